The molecule has 4 heteroatoms. The Morgan fingerprint density at radius 1 is 1.22 bits per heavy atom. The average molecular weight is 249 g/mol. The highest BCUT2D eigenvalue weighted by atomic mass is 16.3. The fourth-order valence-corrected chi connectivity index (χ4v) is 1.46. The number of aldehydes is 1. The van der Waals surface area contributed by atoms with Crippen LogP contribution in [0.2, 0.25) is 0 Å². The van der Waals surface area contributed by atoms with Crippen LogP contribution in [0, 0.1) is 6.92 Å². The van der Waals surface area contributed by atoms with Gasteiger partial charge >= 0.3 is 0 Å². The van der Waals surface area contributed by atoms with E-state index in [1.807, 2.05) is 26.8 Å². The van der Waals surface area contributed by atoms with E-state index in [0.29, 0.717) is 17.3 Å². The minimum atomic E-state index is -0.175. The fourth-order valence-electron chi connectivity index (χ4n) is 1.46. The first-order valence-electron chi connectivity index (χ1n) is 5.79. The Labute approximate surface area is 106 Å². The fraction of sp³-hybridized carbons (Fsp3) is 0.286. The number of nitrogens with two attached hydrogens (primary N) is 1. The maximum atomic E-state index is 11.6. The van der Waals surface area contributed by atoms with Crippen LogP contribution in [0.25, 0.3) is 11.0 Å². The van der Waals surface area contributed by atoms with Crippen LogP contribution in [0.15, 0.2) is 33.5 Å². The Morgan fingerprint density at radius 3 is 2.39 bits per heavy atom. The summed E-state index contributed by atoms with van der Waals surface area (Å²) >= 11 is 0. The lowest BCUT2D eigenvalue weighted by Crippen LogP contribution is -2.03. The van der Waals surface area contributed by atoms with E-state index in [2.05, 4.69) is 5.73 Å². The minimum absolute atomic E-state index is 0.0631. The first kappa shape index (κ1) is 16.1. The van der Waals surface area contributed by atoms with Crippen LogP contribution in [0.3, 0.4) is 0 Å². The van der Waals surface area contributed by atoms with Gasteiger partial charge in [0.25, 0.3) is 0 Å². The van der Waals surface area contributed by atoms with E-state index < -0.39 is 0 Å². The smallest absolute Gasteiger partial charge is 0.193 e. The van der Waals surface area contributed by atoms with Gasteiger partial charge < -0.3 is 10.2 Å². The SMILES string of the molecule is CC.CN.Cc1cccc2oc(C=O)cc(=O)c12. The largest absolute Gasteiger partial charge is 0.453 e. The molecule has 1 aromatic carbocycles. The van der Waals surface area contributed by atoms with Crippen molar-refractivity contribution in [3.63, 3.8) is 0 Å². The molecule has 0 radical (unpaired) electrons. The molecule has 1 aromatic heterocycles. The predicted molar refractivity (Wildman–Crippen MR) is 74.1 cm³/mol. The molecule has 0 saturated carbocycles. The van der Waals surface area contributed by atoms with Crippen LogP contribution in [-0.2, 0) is 0 Å². The van der Waals surface area contributed by atoms with Crippen molar-refractivity contribution in [3.05, 3.63) is 45.8 Å². The molecule has 0 aliphatic carbocycles. The number of hydrogen-bond donors (Lipinski definition) is 1. The van der Waals surface area contributed by atoms with Gasteiger partial charge in [0.05, 0.1) is 5.39 Å². The molecular formula is C14H19NO3. The molecule has 2 aromatic rings. The van der Waals surface area contributed by atoms with Crippen molar-refractivity contribution in [2.75, 3.05) is 7.05 Å². The van der Waals surface area contributed by atoms with Crippen LogP contribution in [-0.4, -0.2) is 13.3 Å². The second kappa shape index (κ2) is 8.20. The van der Waals surface area contributed by atoms with Crippen molar-refractivity contribution in [3.8, 4) is 0 Å². The number of carbonyl (C=O) groups is 1. The minimum Gasteiger partial charge on any atom is -0.453 e. The Hall–Kier alpha value is -1.94. The summed E-state index contributed by atoms with van der Waals surface area (Å²) in [6, 6.07) is 6.51. The molecule has 0 aliphatic rings. The van der Waals surface area contributed by atoms with E-state index >= 15 is 0 Å². The average Bonchev–Trinajstić information content (AvgIpc) is 2.43. The van der Waals surface area contributed by atoms with E-state index in [4.69, 9.17) is 4.42 Å². The summed E-state index contributed by atoms with van der Waals surface area (Å²) in [4.78, 5) is 22.0. The third kappa shape index (κ3) is 3.53. The van der Waals surface area contributed by atoms with Crippen LogP contribution in [0.4, 0.5) is 0 Å². The quantitative estimate of drug-likeness (QED) is 0.788. The second-order valence-electron chi connectivity index (χ2n) is 3.08. The molecule has 0 saturated heterocycles. The second-order valence-corrected chi connectivity index (χ2v) is 3.08. The van der Waals surface area contributed by atoms with Crippen molar-refractivity contribution >= 4 is 17.3 Å². The first-order valence-corrected chi connectivity index (χ1v) is 5.79. The molecule has 2 rings (SSSR count). The third-order valence-electron chi connectivity index (χ3n) is 2.10. The molecule has 1 heterocycles. The van der Waals surface area contributed by atoms with E-state index in [9.17, 15) is 9.59 Å². The molecule has 0 bridgehead atoms. The topological polar surface area (TPSA) is 73.3 Å². The Bertz CT molecular complexity index is 558. The highest BCUT2D eigenvalue weighted by Crippen LogP contribution is 2.14. The molecule has 18 heavy (non-hydrogen) atoms. The summed E-state index contributed by atoms with van der Waals surface area (Å²) in [5.74, 6) is 0.0631. The molecule has 0 aliphatic heterocycles. The summed E-state index contributed by atoms with van der Waals surface area (Å²) in [6.45, 7) is 5.83. The first-order chi connectivity index (χ1) is 8.72. The van der Waals surface area contributed by atoms with Gasteiger partial charge in [0, 0.05) is 6.07 Å². The van der Waals surface area contributed by atoms with Gasteiger partial charge in [0.15, 0.2) is 17.5 Å². The van der Waals surface area contributed by atoms with Gasteiger partial charge in [-0.05, 0) is 25.6 Å². The summed E-state index contributed by atoms with van der Waals surface area (Å²) < 4.78 is 5.20. The molecule has 98 valence electrons. The molecule has 2 N–H and O–H groups in total. The van der Waals surface area contributed by atoms with Gasteiger partial charge in [-0.1, -0.05) is 26.0 Å². The molecular weight excluding hydrogens is 230 g/mol. The van der Waals surface area contributed by atoms with E-state index in [1.165, 1.54) is 13.1 Å². The number of fused-ring (bicyclic) bond motifs is 1. The van der Waals surface area contributed by atoms with Crippen molar-refractivity contribution in [1.29, 1.82) is 0 Å². The molecule has 4 nitrogen and oxygen atoms in total. The standard InChI is InChI=1S/C11H8O3.C2H6.CH5N/c1-7-3-2-4-10-11(7)9(13)5-8(6-12)14-10;2*1-2/h2-6H,1H3;1-2H3;2H2,1H3. The molecule has 0 unspecified atom stereocenters. The Balaban J connectivity index is 0.000000659. The van der Waals surface area contributed by atoms with Gasteiger partial charge in [-0.15, -0.1) is 0 Å². The van der Waals surface area contributed by atoms with E-state index in [1.54, 1.807) is 12.1 Å². The maximum absolute atomic E-state index is 11.6. The lowest BCUT2D eigenvalue weighted by molar-refractivity contribution is 0.110. The zero-order valence-corrected chi connectivity index (χ0v) is 11.2. The predicted octanol–water partition coefficient (Wildman–Crippen LogP) is 2.52. The molecule has 0 amide bonds. The zero-order valence-electron chi connectivity index (χ0n) is 11.2. The summed E-state index contributed by atoms with van der Waals surface area (Å²) in [6.07, 6.45) is 0.531. The lowest BCUT2D eigenvalue weighted by atomic mass is 10.1. The van der Waals surface area contributed by atoms with Gasteiger partial charge in [-0.2, -0.15) is 0 Å². The number of hydrogen-bond acceptors (Lipinski definition) is 4. The summed E-state index contributed by atoms with van der Waals surface area (Å²) in [5, 5.41) is 0.540. The third-order valence-corrected chi connectivity index (χ3v) is 2.10. The van der Waals surface area contributed by atoms with Crippen LogP contribution < -0.4 is 11.2 Å². The summed E-state index contributed by atoms with van der Waals surface area (Å²) in [7, 11) is 1.50. The molecule has 0 fully saturated rings. The Morgan fingerprint density at radius 2 is 1.83 bits per heavy atom. The van der Waals surface area contributed by atoms with Gasteiger partial charge in [-0.3, -0.25) is 9.59 Å². The van der Waals surface area contributed by atoms with Crippen LogP contribution in [0.5, 0.6) is 0 Å². The highest BCUT2D eigenvalue weighted by Gasteiger charge is 2.05. The Kier molecular flexibility index (Phi) is 7.31. The van der Waals surface area contributed by atoms with Crippen molar-refractivity contribution < 1.29 is 9.21 Å². The van der Waals surface area contributed by atoms with Crippen LogP contribution >= 0.6 is 0 Å². The zero-order chi connectivity index (χ0) is 14.1. The van der Waals surface area contributed by atoms with Crippen molar-refractivity contribution in [1.82, 2.24) is 0 Å². The van der Waals surface area contributed by atoms with E-state index in [0.717, 1.165) is 5.56 Å². The van der Waals surface area contributed by atoms with E-state index in [-0.39, 0.29) is 11.2 Å². The summed E-state index contributed by atoms with van der Waals surface area (Å²) in [5.41, 5.74) is 5.64. The molecule has 0 spiro atoms. The van der Waals surface area contributed by atoms with Gasteiger partial charge in [0.1, 0.15) is 5.58 Å². The highest BCUT2D eigenvalue weighted by molar-refractivity contribution is 5.82. The number of carbonyl (C=O) groups excluding carboxylic acids is 1. The monoisotopic (exact) mass is 249 g/mol. The van der Waals surface area contributed by atoms with Crippen LogP contribution in [0.1, 0.15) is 30.0 Å². The molecule has 0 atom stereocenters. The van der Waals surface area contributed by atoms with Crippen molar-refractivity contribution in [2.45, 2.75) is 20.8 Å². The number of aryl methyl sites for hydroxylation is 1. The lowest BCUT2D eigenvalue weighted by Gasteiger charge is -1.99. The normalized spacial score (nSPS) is 8.72. The number of rotatable bonds is 1. The van der Waals surface area contributed by atoms with Gasteiger partial charge in [-0.25, -0.2) is 0 Å². The number of benzene rings is 1. The van der Waals surface area contributed by atoms with Gasteiger partial charge in [0.2, 0.25) is 0 Å². The van der Waals surface area contributed by atoms with Crippen molar-refractivity contribution in [2.24, 2.45) is 5.73 Å². The maximum Gasteiger partial charge on any atom is 0.193 e.